The lowest BCUT2D eigenvalue weighted by molar-refractivity contribution is 0.459. The lowest BCUT2D eigenvalue weighted by Gasteiger charge is -2.16. The zero-order valence-electron chi connectivity index (χ0n) is 20.3. The van der Waals surface area contributed by atoms with Crippen LogP contribution in [0.3, 0.4) is 0 Å². The van der Waals surface area contributed by atoms with Crippen LogP contribution in [-0.4, -0.2) is 19.5 Å². The van der Waals surface area contributed by atoms with Gasteiger partial charge in [-0.1, -0.05) is 0 Å². The molecule has 0 atom stereocenters. The van der Waals surface area contributed by atoms with E-state index < -0.39 is 5.95 Å². The maximum atomic E-state index is 13.5. The molecule has 0 aliphatic carbocycles. The van der Waals surface area contributed by atoms with Crippen molar-refractivity contribution in [1.29, 1.82) is 5.26 Å². The van der Waals surface area contributed by atoms with Crippen molar-refractivity contribution in [3.63, 3.8) is 0 Å². The molecular formula is C28H23FN6O. The second kappa shape index (κ2) is 9.12. The Morgan fingerprint density at radius 2 is 1.69 bits per heavy atom. The highest BCUT2D eigenvalue weighted by atomic mass is 19.1. The average Bonchev–Trinajstić information content (AvgIpc) is 3.22. The topological polar surface area (TPSA) is 88.7 Å². The average molecular weight is 479 g/mol. The summed E-state index contributed by atoms with van der Waals surface area (Å²) in [5.74, 6) is 0.998. The van der Waals surface area contributed by atoms with Gasteiger partial charge in [0.05, 0.1) is 17.1 Å². The Morgan fingerprint density at radius 1 is 0.972 bits per heavy atom. The summed E-state index contributed by atoms with van der Waals surface area (Å²) in [6.45, 7) is 5.80. The van der Waals surface area contributed by atoms with Crippen LogP contribution >= 0.6 is 0 Å². The third-order valence-electron chi connectivity index (χ3n) is 6.01. The number of aryl methyl sites for hydroxylation is 4. The predicted octanol–water partition coefficient (Wildman–Crippen LogP) is 6.50. The van der Waals surface area contributed by atoms with E-state index in [1.54, 1.807) is 30.5 Å². The number of nitriles is 1. The number of ether oxygens (including phenoxy) is 1. The lowest BCUT2D eigenvalue weighted by Crippen LogP contribution is -2.02. The van der Waals surface area contributed by atoms with Crippen LogP contribution in [0.15, 0.2) is 60.9 Å². The number of anilines is 2. The number of fused-ring (bicyclic) bond motifs is 1. The van der Waals surface area contributed by atoms with Gasteiger partial charge in [-0.2, -0.15) is 14.6 Å². The number of halogens is 1. The van der Waals surface area contributed by atoms with Crippen LogP contribution in [0.25, 0.3) is 22.2 Å². The minimum absolute atomic E-state index is 0.383. The van der Waals surface area contributed by atoms with E-state index in [1.165, 1.54) is 6.07 Å². The fourth-order valence-corrected chi connectivity index (χ4v) is 4.23. The molecule has 0 saturated heterocycles. The molecule has 5 aromatic rings. The third-order valence-corrected chi connectivity index (χ3v) is 6.01. The molecule has 5 rings (SSSR count). The number of pyridine rings is 1. The van der Waals surface area contributed by atoms with Gasteiger partial charge in [-0.05, 0) is 91.6 Å². The highest BCUT2D eigenvalue weighted by Crippen LogP contribution is 2.36. The Balaban J connectivity index is 1.53. The Kier molecular flexibility index (Phi) is 5.82. The van der Waals surface area contributed by atoms with Gasteiger partial charge >= 0.3 is 0 Å². The van der Waals surface area contributed by atoms with Crippen LogP contribution < -0.4 is 10.1 Å². The predicted molar refractivity (Wildman–Crippen MR) is 137 cm³/mol. The first-order valence-corrected chi connectivity index (χ1v) is 11.3. The van der Waals surface area contributed by atoms with E-state index in [-0.39, 0.29) is 0 Å². The quantitative estimate of drug-likeness (QED) is 0.290. The summed E-state index contributed by atoms with van der Waals surface area (Å²) >= 11 is 0. The molecule has 1 N–H and O–H groups in total. The van der Waals surface area contributed by atoms with Crippen molar-refractivity contribution < 1.29 is 9.13 Å². The van der Waals surface area contributed by atoms with Crippen molar-refractivity contribution >= 4 is 22.7 Å². The molecule has 0 spiro atoms. The van der Waals surface area contributed by atoms with Gasteiger partial charge < -0.3 is 14.6 Å². The molecule has 3 heterocycles. The van der Waals surface area contributed by atoms with Gasteiger partial charge in [0.15, 0.2) is 0 Å². The van der Waals surface area contributed by atoms with Gasteiger partial charge in [-0.3, -0.25) is 0 Å². The summed E-state index contributed by atoms with van der Waals surface area (Å²) in [7, 11) is 1.92. The first kappa shape index (κ1) is 23.0. The molecule has 0 unspecified atom stereocenters. The van der Waals surface area contributed by atoms with E-state index in [9.17, 15) is 4.39 Å². The Bertz CT molecular complexity index is 1630. The standard InChI is InChI=1S/C28H23FN6O/c1-16-13-24(29)31-15-22(16)20-11-17(2)26(18(3)12-20)36-27-25-23(9-10-35(25)4)33-28(34-27)32-21-7-5-19(14-30)6-8-21/h5-13,15H,1-4H3,(H,32,33,34). The number of hydrogen-bond donors (Lipinski definition) is 1. The van der Waals surface area contributed by atoms with E-state index in [0.717, 1.165) is 44.5 Å². The molecule has 7 nitrogen and oxygen atoms in total. The van der Waals surface area contributed by atoms with Crippen LogP contribution in [0.2, 0.25) is 0 Å². The summed E-state index contributed by atoms with van der Waals surface area (Å²) in [4.78, 5) is 13.1. The van der Waals surface area contributed by atoms with Crippen molar-refractivity contribution in [3.8, 4) is 28.8 Å². The summed E-state index contributed by atoms with van der Waals surface area (Å²) in [5, 5.41) is 12.2. The summed E-state index contributed by atoms with van der Waals surface area (Å²) in [6, 6.07) is 16.5. The summed E-state index contributed by atoms with van der Waals surface area (Å²) in [5.41, 5.74) is 7.29. The van der Waals surface area contributed by atoms with Crippen molar-refractivity contribution in [1.82, 2.24) is 19.5 Å². The van der Waals surface area contributed by atoms with Crippen LogP contribution in [0.1, 0.15) is 22.3 Å². The number of hydrogen-bond acceptors (Lipinski definition) is 6. The van der Waals surface area contributed by atoms with Crippen molar-refractivity contribution in [2.24, 2.45) is 7.05 Å². The van der Waals surface area contributed by atoms with Gasteiger partial charge in [0, 0.05) is 30.7 Å². The second-order valence-electron chi connectivity index (χ2n) is 8.69. The molecule has 0 saturated carbocycles. The van der Waals surface area contributed by atoms with Crippen molar-refractivity contribution in [2.75, 3.05) is 5.32 Å². The number of nitrogens with zero attached hydrogens (tertiary/aromatic N) is 5. The van der Waals surface area contributed by atoms with Crippen LogP contribution in [0, 0.1) is 38.1 Å². The first-order chi connectivity index (χ1) is 17.3. The number of rotatable bonds is 5. The van der Waals surface area contributed by atoms with Crippen LogP contribution in [0.4, 0.5) is 16.0 Å². The molecule has 36 heavy (non-hydrogen) atoms. The Morgan fingerprint density at radius 3 is 2.36 bits per heavy atom. The largest absolute Gasteiger partial charge is 0.436 e. The van der Waals surface area contributed by atoms with Crippen molar-refractivity contribution in [3.05, 3.63) is 89.1 Å². The highest BCUT2D eigenvalue weighted by molar-refractivity contribution is 5.83. The maximum Gasteiger partial charge on any atom is 0.249 e. The minimum atomic E-state index is -0.495. The van der Waals surface area contributed by atoms with Crippen LogP contribution in [-0.2, 0) is 7.05 Å². The molecule has 0 aliphatic heterocycles. The van der Waals surface area contributed by atoms with Gasteiger partial charge in [0.2, 0.25) is 17.8 Å². The molecule has 0 bridgehead atoms. The van der Waals surface area contributed by atoms with Gasteiger partial charge in [-0.25, -0.2) is 9.97 Å². The van der Waals surface area contributed by atoms with E-state index in [1.807, 2.05) is 56.8 Å². The number of aromatic nitrogens is 4. The van der Waals surface area contributed by atoms with E-state index in [4.69, 9.17) is 10.00 Å². The third kappa shape index (κ3) is 4.34. The Hall–Kier alpha value is -4.77. The summed E-state index contributed by atoms with van der Waals surface area (Å²) in [6.07, 6.45) is 3.46. The molecule has 0 aliphatic rings. The smallest absolute Gasteiger partial charge is 0.249 e. The van der Waals surface area contributed by atoms with Gasteiger partial charge in [-0.15, -0.1) is 0 Å². The fourth-order valence-electron chi connectivity index (χ4n) is 4.23. The van der Waals surface area contributed by atoms with E-state index in [2.05, 4.69) is 26.3 Å². The highest BCUT2D eigenvalue weighted by Gasteiger charge is 2.17. The van der Waals surface area contributed by atoms with Crippen LogP contribution in [0.5, 0.6) is 11.6 Å². The van der Waals surface area contributed by atoms with E-state index in [0.29, 0.717) is 23.1 Å². The zero-order valence-corrected chi connectivity index (χ0v) is 20.3. The Labute approximate surface area is 207 Å². The first-order valence-electron chi connectivity index (χ1n) is 11.3. The second-order valence-corrected chi connectivity index (χ2v) is 8.69. The van der Waals surface area contributed by atoms with Gasteiger partial charge in [0.25, 0.3) is 0 Å². The minimum Gasteiger partial charge on any atom is -0.436 e. The number of nitrogens with one attached hydrogen (secondary N) is 1. The SMILES string of the molecule is Cc1cc(F)ncc1-c1cc(C)c(Oc2nc(Nc3ccc(C#N)cc3)nc3ccn(C)c23)c(C)c1. The molecular weight excluding hydrogens is 455 g/mol. The monoisotopic (exact) mass is 478 g/mol. The molecule has 0 radical (unpaired) electrons. The zero-order chi connectivity index (χ0) is 25.4. The molecule has 0 fully saturated rings. The van der Waals surface area contributed by atoms with Crippen molar-refractivity contribution in [2.45, 2.75) is 20.8 Å². The van der Waals surface area contributed by atoms with E-state index >= 15 is 0 Å². The normalized spacial score (nSPS) is 10.9. The van der Waals surface area contributed by atoms with Gasteiger partial charge in [0.1, 0.15) is 11.3 Å². The molecule has 178 valence electrons. The molecule has 3 aromatic heterocycles. The molecule has 2 aromatic carbocycles. The molecule has 8 heteroatoms. The summed E-state index contributed by atoms with van der Waals surface area (Å²) < 4.78 is 21.8. The fraction of sp³-hybridized carbons (Fsp3) is 0.143. The lowest BCUT2D eigenvalue weighted by atomic mass is 9.98. The maximum absolute atomic E-state index is 13.5. The molecule has 0 amide bonds. The number of benzene rings is 2.